The fraction of sp³-hybridized carbons (Fsp3) is 0.524. The molecule has 2 aromatic rings. The van der Waals surface area contributed by atoms with E-state index in [0.29, 0.717) is 43.1 Å². The van der Waals surface area contributed by atoms with Crippen LogP contribution in [-0.4, -0.2) is 25.0 Å². The molecule has 0 fully saturated rings. The summed E-state index contributed by atoms with van der Waals surface area (Å²) in [5.41, 5.74) is 0.277. The van der Waals surface area contributed by atoms with Crippen LogP contribution in [0.4, 0.5) is 0 Å². The predicted octanol–water partition coefficient (Wildman–Crippen LogP) is 3.95. The number of benzene rings is 1. The first-order chi connectivity index (χ1) is 12.7. The Morgan fingerprint density at radius 1 is 1.26 bits per heavy atom. The lowest BCUT2D eigenvalue weighted by molar-refractivity contribution is -0.128. The van der Waals surface area contributed by atoms with Crippen molar-refractivity contribution in [3.8, 4) is 5.75 Å². The van der Waals surface area contributed by atoms with Crippen molar-refractivity contribution in [3.63, 3.8) is 0 Å². The summed E-state index contributed by atoms with van der Waals surface area (Å²) in [6, 6.07) is 7.42. The molecule has 1 unspecified atom stereocenters. The fourth-order valence-corrected chi connectivity index (χ4v) is 2.64. The summed E-state index contributed by atoms with van der Waals surface area (Å²) in [7, 11) is 0. The number of furan rings is 1. The zero-order chi connectivity index (χ0) is 20.0. The molecule has 6 nitrogen and oxygen atoms in total. The molecule has 0 spiro atoms. The predicted molar refractivity (Wildman–Crippen MR) is 106 cm³/mol. The van der Waals surface area contributed by atoms with Gasteiger partial charge >= 0.3 is 0 Å². The summed E-state index contributed by atoms with van der Waals surface area (Å²) in [6.45, 7) is 10.4. The van der Waals surface area contributed by atoms with Crippen LogP contribution in [-0.2, 0) is 9.59 Å². The van der Waals surface area contributed by atoms with E-state index in [2.05, 4.69) is 10.6 Å². The number of para-hydroxylation sites is 1. The van der Waals surface area contributed by atoms with Gasteiger partial charge in [-0.25, -0.2) is 0 Å². The van der Waals surface area contributed by atoms with Crippen molar-refractivity contribution < 1.29 is 18.7 Å². The summed E-state index contributed by atoms with van der Waals surface area (Å²) >= 11 is 0. The van der Waals surface area contributed by atoms with Crippen LogP contribution < -0.4 is 15.4 Å². The first-order valence-electron chi connectivity index (χ1n) is 9.45. The molecule has 1 aromatic carbocycles. The highest BCUT2D eigenvalue weighted by molar-refractivity contribution is 5.84. The standard InChI is InChI=1S/C21H30N2O4/c1-6-26-16-10-7-9-15-13-17(27-19(15)16)14(2)23-18(24)11-8-12-22-20(25)21(3,4)5/h7,9-10,13-14H,6,8,11-12H2,1-5H3,(H,22,25)(H,23,24). The quantitative estimate of drug-likeness (QED) is 0.686. The molecular formula is C21H30N2O4. The first-order valence-corrected chi connectivity index (χ1v) is 9.45. The van der Waals surface area contributed by atoms with Crippen LogP contribution >= 0.6 is 0 Å². The Bertz CT molecular complexity index is 789. The van der Waals surface area contributed by atoms with Crippen LogP contribution in [0.25, 0.3) is 11.0 Å². The van der Waals surface area contributed by atoms with Crippen LogP contribution in [0.2, 0.25) is 0 Å². The van der Waals surface area contributed by atoms with Gasteiger partial charge in [0.05, 0.1) is 12.6 Å². The minimum atomic E-state index is -0.418. The molecule has 2 rings (SSSR count). The zero-order valence-electron chi connectivity index (χ0n) is 16.8. The van der Waals surface area contributed by atoms with Crippen molar-refractivity contribution >= 4 is 22.8 Å². The van der Waals surface area contributed by atoms with Crippen molar-refractivity contribution in [3.05, 3.63) is 30.0 Å². The Labute approximate surface area is 160 Å². The molecule has 1 atom stereocenters. The average molecular weight is 374 g/mol. The van der Waals surface area contributed by atoms with Crippen molar-refractivity contribution in [2.75, 3.05) is 13.2 Å². The van der Waals surface area contributed by atoms with Gasteiger partial charge in [0, 0.05) is 23.8 Å². The second-order valence-corrected chi connectivity index (χ2v) is 7.65. The SMILES string of the molecule is CCOc1cccc2cc(C(C)NC(=O)CCCNC(=O)C(C)(C)C)oc12. The second kappa shape index (κ2) is 8.93. The van der Waals surface area contributed by atoms with Gasteiger partial charge in [-0.15, -0.1) is 0 Å². The minimum absolute atomic E-state index is 0.0105. The average Bonchev–Trinajstić information content (AvgIpc) is 3.03. The molecule has 2 amide bonds. The van der Waals surface area contributed by atoms with E-state index >= 15 is 0 Å². The van der Waals surface area contributed by atoms with Gasteiger partial charge in [0.15, 0.2) is 11.3 Å². The molecule has 2 N–H and O–H groups in total. The third kappa shape index (κ3) is 5.74. The number of carbonyl (C=O) groups is 2. The maximum Gasteiger partial charge on any atom is 0.225 e. The molecule has 0 saturated carbocycles. The van der Waals surface area contributed by atoms with Gasteiger partial charge in [-0.2, -0.15) is 0 Å². The van der Waals surface area contributed by atoms with Crippen molar-refractivity contribution in [1.82, 2.24) is 10.6 Å². The topological polar surface area (TPSA) is 80.6 Å². The maximum atomic E-state index is 12.2. The van der Waals surface area contributed by atoms with E-state index in [-0.39, 0.29) is 17.9 Å². The Balaban J connectivity index is 1.86. The van der Waals surface area contributed by atoms with Gasteiger partial charge in [-0.05, 0) is 32.4 Å². The molecule has 0 saturated heterocycles. The molecule has 6 heteroatoms. The summed E-state index contributed by atoms with van der Waals surface area (Å²) in [6.07, 6.45) is 0.939. The number of rotatable bonds is 8. The summed E-state index contributed by atoms with van der Waals surface area (Å²) in [4.78, 5) is 24.0. The Morgan fingerprint density at radius 3 is 2.67 bits per heavy atom. The fourth-order valence-electron chi connectivity index (χ4n) is 2.64. The molecule has 1 heterocycles. The lowest BCUT2D eigenvalue weighted by atomic mass is 9.96. The number of hydrogen-bond acceptors (Lipinski definition) is 4. The van der Waals surface area contributed by atoms with E-state index in [1.165, 1.54) is 0 Å². The molecule has 0 aliphatic carbocycles. The number of hydrogen-bond donors (Lipinski definition) is 2. The second-order valence-electron chi connectivity index (χ2n) is 7.65. The third-order valence-corrected chi connectivity index (χ3v) is 4.18. The summed E-state index contributed by atoms with van der Waals surface area (Å²) in [5.74, 6) is 1.31. The van der Waals surface area contributed by atoms with Crippen LogP contribution in [0, 0.1) is 5.41 Å². The van der Waals surface area contributed by atoms with E-state index in [1.54, 1.807) is 0 Å². The zero-order valence-corrected chi connectivity index (χ0v) is 16.8. The summed E-state index contributed by atoms with van der Waals surface area (Å²) in [5, 5.41) is 6.73. The third-order valence-electron chi connectivity index (χ3n) is 4.18. The minimum Gasteiger partial charge on any atom is -0.490 e. The molecule has 0 radical (unpaired) electrons. The van der Waals surface area contributed by atoms with E-state index in [4.69, 9.17) is 9.15 Å². The lowest BCUT2D eigenvalue weighted by Crippen LogP contribution is -2.36. The molecule has 0 aliphatic rings. The highest BCUT2D eigenvalue weighted by Gasteiger charge is 2.20. The smallest absolute Gasteiger partial charge is 0.225 e. The Kier molecular flexibility index (Phi) is 6.88. The van der Waals surface area contributed by atoms with E-state index < -0.39 is 5.41 Å². The molecule has 1 aromatic heterocycles. The number of fused-ring (bicyclic) bond motifs is 1. The first kappa shape index (κ1) is 20.8. The number of ether oxygens (including phenoxy) is 1. The highest BCUT2D eigenvalue weighted by Crippen LogP contribution is 2.31. The van der Waals surface area contributed by atoms with Crippen molar-refractivity contribution in [2.45, 2.75) is 53.5 Å². The van der Waals surface area contributed by atoms with E-state index in [1.807, 2.05) is 58.9 Å². The van der Waals surface area contributed by atoms with Gasteiger partial charge in [0.2, 0.25) is 11.8 Å². The van der Waals surface area contributed by atoms with Crippen LogP contribution in [0.5, 0.6) is 5.75 Å². The molecule has 0 aliphatic heterocycles. The van der Waals surface area contributed by atoms with E-state index in [9.17, 15) is 9.59 Å². The lowest BCUT2D eigenvalue weighted by Gasteiger charge is -2.17. The Hall–Kier alpha value is -2.50. The molecule has 27 heavy (non-hydrogen) atoms. The van der Waals surface area contributed by atoms with Crippen molar-refractivity contribution in [1.29, 1.82) is 0 Å². The number of carbonyl (C=O) groups excluding carboxylic acids is 2. The van der Waals surface area contributed by atoms with Gasteiger partial charge in [0.1, 0.15) is 5.76 Å². The molecule has 148 valence electrons. The highest BCUT2D eigenvalue weighted by atomic mass is 16.5. The van der Waals surface area contributed by atoms with E-state index in [0.717, 1.165) is 5.39 Å². The van der Waals surface area contributed by atoms with Gasteiger partial charge in [0.25, 0.3) is 0 Å². The molecule has 0 bridgehead atoms. The van der Waals surface area contributed by atoms with Crippen molar-refractivity contribution in [2.24, 2.45) is 5.41 Å². The monoisotopic (exact) mass is 374 g/mol. The maximum absolute atomic E-state index is 12.2. The van der Waals surface area contributed by atoms with Crippen LogP contribution in [0.3, 0.4) is 0 Å². The van der Waals surface area contributed by atoms with Gasteiger partial charge in [-0.1, -0.05) is 32.9 Å². The largest absolute Gasteiger partial charge is 0.490 e. The normalized spacial score (nSPS) is 12.6. The van der Waals surface area contributed by atoms with Crippen LogP contribution in [0.1, 0.15) is 59.3 Å². The Morgan fingerprint density at radius 2 is 2.00 bits per heavy atom. The summed E-state index contributed by atoms with van der Waals surface area (Å²) < 4.78 is 11.5. The van der Waals surface area contributed by atoms with Gasteiger partial charge < -0.3 is 19.8 Å². The van der Waals surface area contributed by atoms with Gasteiger partial charge in [-0.3, -0.25) is 9.59 Å². The number of nitrogens with one attached hydrogen (secondary N) is 2. The number of amides is 2. The molecular weight excluding hydrogens is 344 g/mol. The van der Waals surface area contributed by atoms with Crippen LogP contribution in [0.15, 0.2) is 28.7 Å².